The van der Waals surface area contributed by atoms with Crippen molar-refractivity contribution < 1.29 is 4.79 Å². The van der Waals surface area contributed by atoms with E-state index in [0.29, 0.717) is 22.5 Å². The summed E-state index contributed by atoms with van der Waals surface area (Å²) in [5.41, 5.74) is 2.58. The molecule has 5 rings (SSSR count). The highest BCUT2D eigenvalue weighted by Crippen LogP contribution is 2.28. The fourth-order valence-corrected chi connectivity index (χ4v) is 4.44. The Hall–Kier alpha value is -3.48. The van der Waals surface area contributed by atoms with Crippen molar-refractivity contribution in [1.29, 1.82) is 0 Å². The van der Waals surface area contributed by atoms with Crippen LogP contribution in [0.4, 0.5) is 0 Å². The maximum absolute atomic E-state index is 13.0. The summed E-state index contributed by atoms with van der Waals surface area (Å²) in [5.74, 6) is -0.212. The normalized spacial score (nSPS) is 14.6. The number of carbonyl (C=O) groups is 1. The smallest absolute Gasteiger partial charge is 0.274 e. The number of rotatable bonds is 4. The van der Waals surface area contributed by atoms with Crippen molar-refractivity contribution in [2.75, 3.05) is 0 Å². The Morgan fingerprint density at radius 3 is 2.63 bits per heavy atom. The quantitative estimate of drug-likeness (QED) is 0.568. The van der Waals surface area contributed by atoms with Gasteiger partial charge in [-0.1, -0.05) is 37.1 Å². The van der Waals surface area contributed by atoms with Crippen LogP contribution in [-0.4, -0.2) is 25.1 Å². The van der Waals surface area contributed by atoms with Gasteiger partial charge in [-0.25, -0.2) is 9.67 Å². The molecule has 152 valence electrons. The van der Waals surface area contributed by atoms with E-state index in [0.717, 1.165) is 36.7 Å². The van der Waals surface area contributed by atoms with Crippen molar-refractivity contribution in [2.45, 2.75) is 45.2 Å². The van der Waals surface area contributed by atoms with Gasteiger partial charge in [0.25, 0.3) is 11.5 Å². The molecular formula is C23H23N5O2. The Kier molecular flexibility index (Phi) is 4.58. The molecule has 0 unspecified atom stereocenters. The van der Waals surface area contributed by atoms with E-state index in [4.69, 9.17) is 0 Å². The first-order valence-electron chi connectivity index (χ1n) is 10.4. The average molecular weight is 401 g/mol. The second-order valence-electron chi connectivity index (χ2n) is 7.84. The van der Waals surface area contributed by atoms with Gasteiger partial charge < -0.3 is 5.32 Å². The second-order valence-corrected chi connectivity index (χ2v) is 7.84. The number of nitrogens with one attached hydrogen (secondary N) is 1. The molecule has 1 fully saturated rings. The molecule has 0 aliphatic heterocycles. The van der Waals surface area contributed by atoms with Gasteiger partial charge >= 0.3 is 0 Å². The summed E-state index contributed by atoms with van der Waals surface area (Å²) in [7, 11) is 0. The van der Waals surface area contributed by atoms with Gasteiger partial charge in [-0.15, -0.1) is 0 Å². The van der Waals surface area contributed by atoms with Crippen LogP contribution in [0, 0.1) is 6.92 Å². The number of imidazole rings is 1. The van der Waals surface area contributed by atoms with Crippen LogP contribution in [-0.2, 0) is 6.54 Å². The van der Waals surface area contributed by atoms with Gasteiger partial charge in [-0.05, 0) is 38.0 Å². The largest absolute Gasteiger partial charge is 0.345 e. The fraction of sp³-hybridized carbons (Fsp3) is 0.304. The second kappa shape index (κ2) is 7.40. The van der Waals surface area contributed by atoms with Crippen molar-refractivity contribution in [3.8, 4) is 0 Å². The van der Waals surface area contributed by atoms with Crippen LogP contribution >= 0.6 is 0 Å². The van der Waals surface area contributed by atoms with Gasteiger partial charge in [0, 0.05) is 11.6 Å². The topological polar surface area (TPSA) is 81.3 Å². The zero-order valence-electron chi connectivity index (χ0n) is 16.8. The minimum atomic E-state index is -0.212. The molecule has 1 saturated carbocycles. The summed E-state index contributed by atoms with van der Waals surface area (Å²) in [5, 5.41) is 9.11. The Labute approximate surface area is 173 Å². The molecule has 0 bridgehead atoms. The zero-order valence-corrected chi connectivity index (χ0v) is 16.8. The Morgan fingerprint density at radius 1 is 1.10 bits per heavy atom. The van der Waals surface area contributed by atoms with E-state index >= 15 is 0 Å². The van der Waals surface area contributed by atoms with E-state index < -0.39 is 0 Å². The lowest BCUT2D eigenvalue weighted by atomic mass is 10.1. The van der Waals surface area contributed by atoms with Gasteiger partial charge in [0.15, 0.2) is 0 Å². The molecule has 0 saturated heterocycles. The fourth-order valence-electron chi connectivity index (χ4n) is 4.44. The lowest BCUT2D eigenvalue weighted by molar-refractivity contribution is 0.0944. The van der Waals surface area contributed by atoms with Crippen LogP contribution in [0.15, 0.2) is 53.5 Å². The van der Waals surface area contributed by atoms with Crippen LogP contribution < -0.4 is 10.9 Å². The third kappa shape index (κ3) is 3.07. The van der Waals surface area contributed by atoms with Gasteiger partial charge in [-0.2, -0.15) is 5.10 Å². The number of benzene rings is 1. The third-order valence-corrected chi connectivity index (χ3v) is 5.91. The minimum Gasteiger partial charge on any atom is -0.345 e. The number of aryl methyl sites for hydroxylation is 1. The zero-order chi connectivity index (χ0) is 20.7. The molecule has 1 N–H and O–H groups in total. The summed E-state index contributed by atoms with van der Waals surface area (Å²) in [6, 6.07) is 13.3. The molecule has 1 aliphatic carbocycles. The molecule has 4 aromatic rings. The molecule has 0 radical (unpaired) electrons. The SMILES string of the molecule is Cc1nc2ccccn2c1C(=O)NCc1nn(C2CCCC2)c(=O)c2ccccc12. The molecule has 0 spiro atoms. The molecule has 1 aromatic carbocycles. The molecule has 1 aliphatic rings. The van der Waals surface area contributed by atoms with Crippen LogP contribution in [0.5, 0.6) is 0 Å². The molecule has 30 heavy (non-hydrogen) atoms. The highest BCUT2D eigenvalue weighted by Gasteiger charge is 2.22. The summed E-state index contributed by atoms with van der Waals surface area (Å²) in [6.07, 6.45) is 6.00. The van der Waals surface area contributed by atoms with Gasteiger partial charge in [0.1, 0.15) is 11.3 Å². The van der Waals surface area contributed by atoms with E-state index in [1.807, 2.05) is 55.6 Å². The summed E-state index contributed by atoms with van der Waals surface area (Å²) in [6.45, 7) is 2.07. The predicted octanol–water partition coefficient (Wildman–Crippen LogP) is 3.40. The number of pyridine rings is 1. The van der Waals surface area contributed by atoms with Crippen LogP contribution in [0.2, 0.25) is 0 Å². The van der Waals surface area contributed by atoms with Gasteiger partial charge in [-0.3, -0.25) is 14.0 Å². The highest BCUT2D eigenvalue weighted by molar-refractivity contribution is 5.95. The first-order valence-corrected chi connectivity index (χ1v) is 10.4. The molecule has 1 amide bonds. The molecule has 7 heteroatoms. The van der Waals surface area contributed by atoms with Crippen LogP contribution in [0.3, 0.4) is 0 Å². The van der Waals surface area contributed by atoms with Crippen molar-refractivity contribution in [1.82, 2.24) is 24.5 Å². The number of fused-ring (bicyclic) bond motifs is 2. The Balaban J connectivity index is 1.50. The number of nitrogens with zero attached hydrogens (tertiary/aromatic N) is 4. The summed E-state index contributed by atoms with van der Waals surface area (Å²) in [4.78, 5) is 30.4. The van der Waals surface area contributed by atoms with Gasteiger partial charge in [0.05, 0.1) is 29.4 Å². The maximum atomic E-state index is 13.0. The highest BCUT2D eigenvalue weighted by atomic mass is 16.2. The molecule has 0 atom stereocenters. The lowest BCUT2D eigenvalue weighted by Gasteiger charge is -2.16. The Morgan fingerprint density at radius 2 is 1.83 bits per heavy atom. The summed E-state index contributed by atoms with van der Waals surface area (Å²) >= 11 is 0. The molecular weight excluding hydrogens is 378 g/mol. The minimum absolute atomic E-state index is 0.0507. The maximum Gasteiger partial charge on any atom is 0.274 e. The van der Waals surface area contributed by atoms with E-state index in [-0.39, 0.29) is 24.1 Å². The number of amides is 1. The van der Waals surface area contributed by atoms with E-state index in [9.17, 15) is 9.59 Å². The monoisotopic (exact) mass is 401 g/mol. The predicted molar refractivity (Wildman–Crippen MR) is 115 cm³/mol. The van der Waals surface area contributed by atoms with Crippen molar-refractivity contribution in [3.05, 3.63) is 76.1 Å². The third-order valence-electron chi connectivity index (χ3n) is 5.91. The number of hydrogen-bond acceptors (Lipinski definition) is 4. The molecule has 3 heterocycles. The van der Waals surface area contributed by atoms with Crippen LogP contribution in [0.1, 0.15) is 53.6 Å². The van der Waals surface area contributed by atoms with Crippen molar-refractivity contribution >= 4 is 22.3 Å². The van der Waals surface area contributed by atoms with Crippen LogP contribution in [0.25, 0.3) is 16.4 Å². The Bertz CT molecular complexity index is 1310. The summed E-state index contributed by atoms with van der Waals surface area (Å²) < 4.78 is 3.42. The van der Waals surface area contributed by atoms with Crippen molar-refractivity contribution in [3.63, 3.8) is 0 Å². The first-order chi connectivity index (χ1) is 14.6. The number of carbonyl (C=O) groups excluding carboxylic acids is 1. The molecule has 3 aromatic heterocycles. The molecule has 7 nitrogen and oxygen atoms in total. The van der Waals surface area contributed by atoms with Crippen molar-refractivity contribution in [2.24, 2.45) is 0 Å². The van der Waals surface area contributed by atoms with Gasteiger partial charge in [0.2, 0.25) is 0 Å². The standard InChI is InChI=1S/C23H23N5O2/c1-15-21(27-13-7-6-12-20(27)25-15)22(29)24-14-19-17-10-4-5-11-18(17)23(30)28(26-19)16-8-2-3-9-16/h4-7,10-13,16H,2-3,8-9,14H2,1H3,(H,24,29). The first kappa shape index (κ1) is 18.5. The average Bonchev–Trinajstić information content (AvgIpc) is 3.40. The number of hydrogen-bond donors (Lipinski definition) is 1. The van der Waals surface area contributed by atoms with E-state index in [2.05, 4.69) is 15.4 Å². The number of aromatic nitrogens is 4. The van der Waals surface area contributed by atoms with E-state index in [1.165, 1.54) is 0 Å². The van der Waals surface area contributed by atoms with E-state index in [1.54, 1.807) is 9.08 Å². The lowest BCUT2D eigenvalue weighted by Crippen LogP contribution is -2.30.